The minimum atomic E-state index is -5.95. The van der Waals surface area contributed by atoms with Gasteiger partial charge < -0.3 is 10.6 Å². The van der Waals surface area contributed by atoms with Gasteiger partial charge in [-0.05, 0) is 85.3 Å². The number of amides is 2. The largest absolute Gasteiger partial charge is 0.411 e. The first kappa shape index (κ1) is 33.9. The third-order valence-corrected chi connectivity index (χ3v) is 8.57. The molecule has 4 rings (SSSR count). The molecule has 2 amide bonds. The number of hydrogen-bond acceptors (Lipinski definition) is 2. The molecule has 0 aliphatic heterocycles. The lowest BCUT2D eigenvalue weighted by molar-refractivity contribution is -0.289. The highest BCUT2D eigenvalue weighted by molar-refractivity contribution is 6.35. The highest BCUT2D eigenvalue weighted by Crippen LogP contribution is 2.59. The molecule has 236 valence electrons. The Morgan fingerprint density at radius 3 is 1.18 bits per heavy atom. The van der Waals surface area contributed by atoms with Crippen LogP contribution < -0.4 is 10.6 Å². The van der Waals surface area contributed by atoms with Crippen LogP contribution in [0.2, 0.25) is 10.0 Å². The van der Waals surface area contributed by atoms with Crippen LogP contribution in [0.4, 0.5) is 37.7 Å². The molecule has 12 heteroatoms. The second-order valence-corrected chi connectivity index (χ2v) is 11.3. The zero-order valence-corrected chi connectivity index (χ0v) is 25.8. The second kappa shape index (κ2) is 12.4. The van der Waals surface area contributed by atoms with Crippen molar-refractivity contribution in [3.05, 3.63) is 127 Å². The van der Waals surface area contributed by atoms with Crippen molar-refractivity contribution in [1.29, 1.82) is 0 Å². The lowest BCUT2D eigenvalue weighted by Gasteiger charge is -2.41. The molecule has 0 heterocycles. The molecule has 0 radical (unpaired) electrons. The number of nitrogens with one attached hydrogen (secondary N) is 2. The molecule has 4 aromatic rings. The molecule has 0 atom stereocenters. The summed E-state index contributed by atoms with van der Waals surface area (Å²) in [7, 11) is 0. The van der Waals surface area contributed by atoms with Gasteiger partial charge in [-0.1, -0.05) is 71.7 Å². The van der Waals surface area contributed by atoms with Crippen molar-refractivity contribution < 1.29 is 35.9 Å². The molecule has 0 bridgehead atoms. The quantitative estimate of drug-likeness (QED) is 0.201. The Morgan fingerprint density at radius 2 is 0.889 bits per heavy atom. The summed E-state index contributed by atoms with van der Waals surface area (Å²) in [6.07, 6.45) is -11.9. The minimum absolute atomic E-state index is 0.130. The van der Waals surface area contributed by atoms with Crippen LogP contribution in [0.25, 0.3) is 0 Å². The standard InChI is InChI=1S/C33H26Cl2F6N2O2/c1-17-15-23(19(3)25(34)27(17)42-29(44)21-11-7-5-8-12-21)31(32(36,37)38,33(39,40)41)24-16-18(2)28(26(35)20(24)4)43-30(45)22-13-9-6-10-14-22/h5-16H,1-4H3,(H,42,44)(H,43,45). The van der Waals surface area contributed by atoms with E-state index in [9.17, 15) is 9.59 Å². The van der Waals surface area contributed by atoms with Gasteiger partial charge in [0.05, 0.1) is 21.4 Å². The predicted octanol–water partition coefficient (Wildman–Crippen LogP) is 10.1. The average molecular weight is 667 g/mol. The summed E-state index contributed by atoms with van der Waals surface area (Å²) < 4.78 is 91.5. The summed E-state index contributed by atoms with van der Waals surface area (Å²) in [5.41, 5.74) is -8.16. The van der Waals surface area contributed by atoms with Crippen molar-refractivity contribution in [2.45, 2.75) is 45.5 Å². The van der Waals surface area contributed by atoms with Gasteiger partial charge in [-0.15, -0.1) is 0 Å². The van der Waals surface area contributed by atoms with Crippen molar-refractivity contribution >= 4 is 46.4 Å². The van der Waals surface area contributed by atoms with Crippen LogP contribution in [-0.2, 0) is 5.41 Å². The molecule has 2 N–H and O–H groups in total. The van der Waals surface area contributed by atoms with Crippen LogP contribution >= 0.6 is 23.2 Å². The summed E-state index contributed by atoms with van der Waals surface area (Å²) in [4.78, 5) is 25.6. The maximum atomic E-state index is 15.2. The molecule has 0 saturated carbocycles. The van der Waals surface area contributed by atoms with E-state index in [2.05, 4.69) is 10.6 Å². The summed E-state index contributed by atoms with van der Waals surface area (Å²) in [5, 5.41) is 4.04. The van der Waals surface area contributed by atoms with Crippen molar-refractivity contribution in [3.8, 4) is 0 Å². The molecular formula is C33H26Cl2F6N2O2. The zero-order chi connectivity index (χ0) is 33.5. The Kier molecular flexibility index (Phi) is 9.33. The van der Waals surface area contributed by atoms with Crippen LogP contribution in [0.1, 0.15) is 54.1 Å². The van der Waals surface area contributed by atoms with Gasteiger partial charge in [-0.3, -0.25) is 9.59 Å². The van der Waals surface area contributed by atoms with E-state index in [0.29, 0.717) is 0 Å². The molecule has 0 fully saturated rings. The molecule has 0 unspecified atom stereocenters. The number of benzene rings is 4. The number of carbonyl (C=O) groups is 2. The van der Waals surface area contributed by atoms with E-state index in [4.69, 9.17) is 23.2 Å². The zero-order valence-electron chi connectivity index (χ0n) is 24.3. The van der Waals surface area contributed by atoms with Crippen LogP contribution in [0, 0.1) is 27.7 Å². The summed E-state index contributed by atoms with van der Waals surface area (Å²) in [6, 6.07) is 17.1. The molecule has 45 heavy (non-hydrogen) atoms. The van der Waals surface area contributed by atoms with E-state index in [1.165, 1.54) is 38.1 Å². The van der Waals surface area contributed by atoms with E-state index in [-0.39, 0.29) is 33.6 Å². The van der Waals surface area contributed by atoms with Crippen LogP contribution in [0.15, 0.2) is 72.8 Å². The van der Waals surface area contributed by atoms with E-state index >= 15 is 26.3 Å². The van der Waals surface area contributed by atoms with Crippen LogP contribution in [0.3, 0.4) is 0 Å². The lowest BCUT2D eigenvalue weighted by atomic mass is 9.69. The van der Waals surface area contributed by atoms with Crippen molar-refractivity contribution in [2.24, 2.45) is 0 Å². The van der Waals surface area contributed by atoms with Gasteiger partial charge in [0.1, 0.15) is 0 Å². The van der Waals surface area contributed by atoms with Gasteiger partial charge >= 0.3 is 12.4 Å². The maximum Gasteiger partial charge on any atom is 0.411 e. The summed E-state index contributed by atoms with van der Waals surface area (Å²) >= 11 is 12.9. The van der Waals surface area contributed by atoms with Gasteiger partial charge in [-0.2, -0.15) is 26.3 Å². The molecule has 0 saturated heterocycles. The Morgan fingerprint density at radius 1 is 0.578 bits per heavy atom. The fourth-order valence-electron chi connectivity index (χ4n) is 5.30. The smallest absolute Gasteiger partial charge is 0.320 e. The fourth-order valence-corrected chi connectivity index (χ4v) is 5.90. The van der Waals surface area contributed by atoms with Crippen LogP contribution in [0.5, 0.6) is 0 Å². The number of carbonyl (C=O) groups excluding carboxylic acids is 2. The highest BCUT2D eigenvalue weighted by Gasteiger charge is 2.73. The summed E-state index contributed by atoms with van der Waals surface area (Å²) in [5.74, 6) is -1.31. The minimum Gasteiger partial charge on any atom is -0.320 e. The van der Waals surface area contributed by atoms with Crippen molar-refractivity contribution in [2.75, 3.05) is 10.6 Å². The van der Waals surface area contributed by atoms with Gasteiger partial charge in [0.25, 0.3) is 11.8 Å². The molecule has 0 aliphatic carbocycles. The van der Waals surface area contributed by atoms with Gasteiger partial charge in [0.15, 0.2) is 0 Å². The lowest BCUT2D eigenvalue weighted by Crippen LogP contribution is -2.55. The molecule has 4 aromatic carbocycles. The fraction of sp³-hybridized carbons (Fsp3) is 0.212. The third-order valence-electron chi connectivity index (χ3n) is 7.62. The molecular weight excluding hydrogens is 641 g/mol. The first-order chi connectivity index (χ1) is 20.9. The number of halogens is 8. The van der Waals surface area contributed by atoms with Crippen molar-refractivity contribution in [3.63, 3.8) is 0 Å². The van der Waals surface area contributed by atoms with Crippen LogP contribution in [-0.4, -0.2) is 24.2 Å². The number of alkyl halides is 6. The Hall–Kier alpha value is -4.02. The second-order valence-electron chi connectivity index (χ2n) is 10.5. The number of hydrogen-bond donors (Lipinski definition) is 2. The van der Waals surface area contributed by atoms with Gasteiger partial charge in [0.2, 0.25) is 5.41 Å². The first-order valence-electron chi connectivity index (χ1n) is 13.4. The Balaban J connectivity index is 1.95. The van der Waals surface area contributed by atoms with E-state index in [1.807, 2.05) is 0 Å². The first-order valence-corrected chi connectivity index (χ1v) is 14.2. The van der Waals surface area contributed by atoms with E-state index in [0.717, 1.165) is 26.0 Å². The van der Waals surface area contributed by atoms with Crippen molar-refractivity contribution in [1.82, 2.24) is 0 Å². The number of rotatable bonds is 6. The SMILES string of the molecule is Cc1cc(C(c2cc(C)c(NC(=O)c3ccccc3)c(Cl)c2C)(C(F)(F)F)C(F)(F)F)c(C)c(Cl)c1NC(=O)c1ccccc1. The molecule has 0 aliphatic rings. The predicted molar refractivity (Wildman–Crippen MR) is 164 cm³/mol. The normalized spacial score (nSPS) is 12.2. The average Bonchev–Trinajstić information content (AvgIpc) is 2.98. The molecule has 0 spiro atoms. The summed E-state index contributed by atoms with van der Waals surface area (Å²) in [6.45, 7) is 4.56. The third kappa shape index (κ3) is 6.01. The molecule has 4 nitrogen and oxygen atoms in total. The molecule has 0 aromatic heterocycles. The van der Waals surface area contributed by atoms with E-state index < -0.39 is 61.9 Å². The monoisotopic (exact) mass is 666 g/mol. The number of aryl methyl sites for hydroxylation is 2. The Bertz CT molecular complexity index is 1640. The van der Waals surface area contributed by atoms with Gasteiger partial charge in [0, 0.05) is 11.1 Å². The number of anilines is 2. The van der Waals surface area contributed by atoms with E-state index in [1.54, 1.807) is 36.4 Å². The maximum absolute atomic E-state index is 15.2. The van der Waals surface area contributed by atoms with Gasteiger partial charge in [-0.25, -0.2) is 0 Å². The highest BCUT2D eigenvalue weighted by atomic mass is 35.5. The topological polar surface area (TPSA) is 58.2 Å². The Labute approximate surface area is 265 Å².